The molecule has 8 heteroatoms. The largest absolute Gasteiger partial charge is 0.478 e. The third kappa shape index (κ3) is 2.26. The van der Waals surface area contributed by atoms with Crippen molar-refractivity contribution in [1.82, 2.24) is 15.0 Å². The zero-order chi connectivity index (χ0) is 13.1. The average molecular weight is 255 g/mol. The quantitative estimate of drug-likeness (QED) is 0.897. The number of hydrogen-bond acceptors (Lipinski definition) is 4. The molecule has 1 aromatic carbocycles. The summed E-state index contributed by atoms with van der Waals surface area (Å²) >= 11 is 0. The first-order valence-electron chi connectivity index (χ1n) is 4.77. The molecule has 18 heavy (non-hydrogen) atoms. The number of carboxylic acids is 1. The lowest BCUT2D eigenvalue weighted by atomic mass is 10.1. The van der Waals surface area contributed by atoms with Crippen molar-refractivity contribution in [3.63, 3.8) is 0 Å². The molecular formula is C10H7F2N3O3. The van der Waals surface area contributed by atoms with Gasteiger partial charge >= 0.3 is 12.6 Å². The van der Waals surface area contributed by atoms with Crippen molar-refractivity contribution in [2.75, 3.05) is 0 Å². The van der Waals surface area contributed by atoms with Gasteiger partial charge in [-0.2, -0.15) is 19.0 Å². The molecule has 1 N–H and O–H groups in total. The van der Waals surface area contributed by atoms with Crippen molar-refractivity contribution in [2.24, 2.45) is 0 Å². The van der Waals surface area contributed by atoms with Crippen molar-refractivity contribution in [1.29, 1.82) is 0 Å². The Labute approximate surface area is 99.4 Å². The third-order valence-electron chi connectivity index (χ3n) is 2.06. The fourth-order valence-electron chi connectivity index (χ4n) is 1.42. The SMILES string of the molecule is O=C(O)c1cccc(OC(F)F)c1-n1nccn1. The minimum absolute atomic E-state index is 0.143. The molecule has 0 radical (unpaired) electrons. The molecule has 6 nitrogen and oxygen atoms in total. The van der Waals surface area contributed by atoms with Crippen LogP contribution in [0, 0.1) is 0 Å². The zero-order valence-corrected chi connectivity index (χ0v) is 8.83. The van der Waals surface area contributed by atoms with E-state index >= 15 is 0 Å². The molecule has 0 aliphatic rings. The Bertz CT molecular complexity index is 558. The van der Waals surface area contributed by atoms with Gasteiger partial charge in [0.1, 0.15) is 5.69 Å². The topological polar surface area (TPSA) is 77.2 Å². The summed E-state index contributed by atoms with van der Waals surface area (Å²) in [6.07, 6.45) is 2.59. The van der Waals surface area contributed by atoms with Gasteiger partial charge in [-0.05, 0) is 12.1 Å². The van der Waals surface area contributed by atoms with Gasteiger partial charge in [0.2, 0.25) is 0 Å². The lowest BCUT2D eigenvalue weighted by Crippen LogP contribution is -2.12. The molecule has 0 aliphatic heterocycles. The minimum atomic E-state index is -3.07. The maximum atomic E-state index is 12.3. The highest BCUT2D eigenvalue weighted by Crippen LogP contribution is 2.27. The number of halogens is 2. The van der Waals surface area contributed by atoms with Crippen molar-refractivity contribution >= 4 is 5.97 Å². The van der Waals surface area contributed by atoms with E-state index in [4.69, 9.17) is 5.11 Å². The highest BCUT2D eigenvalue weighted by Gasteiger charge is 2.20. The summed E-state index contributed by atoms with van der Waals surface area (Å²) in [5, 5.41) is 16.4. The first kappa shape index (κ1) is 12.0. The Morgan fingerprint density at radius 1 is 1.33 bits per heavy atom. The molecule has 0 unspecified atom stereocenters. The van der Waals surface area contributed by atoms with Crippen LogP contribution in [-0.2, 0) is 0 Å². The summed E-state index contributed by atoms with van der Waals surface area (Å²) in [7, 11) is 0. The van der Waals surface area contributed by atoms with E-state index in [1.54, 1.807) is 0 Å². The summed E-state index contributed by atoms with van der Waals surface area (Å²) in [6.45, 7) is -3.07. The second kappa shape index (κ2) is 4.78. The number of rotatable bonds is 4. The molecule has 0 amide bonds. The molecule has 0 atom stereocenters. The van der Waals surface area contributed by atoms with E-state index in [1.807, 2.05) is 0 Å². The summed E-state index contributed by atoms with van der Waals surface area (Å²) in [6, 6.07) is 3.77. The Balaban J connectivity index is 2.60. The van der Waals surface area contributed by atoms with Crippen LogP contribution >= 0.6 is 0 Å². The molecule has 94 valence electrons. The molecule has 1 aromatic heterocycles. The number of para-hydroxylation sites is 1. The number of alkyl halides is 2. The van der Waals surface area contributed by atoms with Gasteiger partial charge in [-0.1, -0.05) is 6.07 Å². The number of ether oxygens (including phenoxy) is 1. The number of aromatic carboxylic acids is 1. The predicted octanol–water partition coefficient (Wildman–Crippen LogP) is 1.57. The van der Waals surface area contributed by atoms with E-state index in [2.05, 4.69) is 14.9 Å². The Hall–Kier alpha value is -2.51. The highest BCUT2D eigenvalue weighted by atomic mass is 19.3. The maximum Gasteiger partial charge on any atom is 0.387 e. The van der Waals surface area contributed by atoms with Gasteiger partial charge in [0, 0.05) is 0 Å². The van der Waals surface area contributed by atoms with Crippen LogP contribution in [0.1, 0.15) is 10.4 Å². The Morgan fingerprint density at radius 2 is 2.00 bits per heavy atom. The lowest BCUT2D eigenvalue weighted by molar-refractivity contribution is -0.0500. The van der Waals surface area contributed by atoms with Crippen molar-refractivity contribution < 1.29 is 23.4 Å². The van der Waals surface area contributed by atoms with Gasteiger partial charge in [-0.25, -0.2) is 4.79 Å². The fraction of sp³-hybridized carbons (Fsp3) is 0.100. The highest BCUT2D eigenvalue weighted by molar-refractivity contribution is 5.93. The fourth-order valence-corrected chi connectivity index (χ4v) is 1.42. The molecule has 0 saturated heterocycles. The van der Waals surface area contributed by atoms with Crippen LogP contribution in [0.15, 0.2) is 30.6 Å². The van der Waals surface area contributed by atoms with Gasteiger partial charge in [0.05, 0.1) is 18.0 Å². The van der Waals surface area contributed by atoms with Gasteiger partial charge in [-0.3, -0.25) is 0 Å². The predicted molar refractivity (Wildman–Crippen MR) is 55.0 cm³/mol. The molecule has 0 bridgehead atoms. The first-order chi connectivity index (χ1) is 8.59. The van der Waals surface area contributed by atoms with Crippen LogP contribution in [0.5, 0.6) is 5.75 Å². The van der Waals surface area contributed by atoms with Gasteiger partial charge < -0.3 is 9.84 Å². The van der Waals surface area contributed by atoms with Crippen LogP contribution in [0.2, 0.25) is 0 Å². The van der Waals surface area contributed by atoms with E-state index in [0.717, 1.165) is 4.80 Å². The molecule has 0 fully saturated rings. The normalized spacial score (nSPS) is 10.6. The average Bonchev–Trinajstić information content (AvgIpc) is 2.81. The maximum absolute atomic E-state index is 12.3. The summed E-state index contributed by atoms with van der Waals surface area (Å²) in [5.74, 6) is -1.59. The van der Waals surface area contributed by atoms with Gasteiger partial charge in [0.15, 0.2) is 5.75 Å². The van der Waals surface area contributed by atoms with Crippen molar-refractivity contribution in [2.45, 2.75) is 6.61 Å². The number of aromatic nitrogens is 3. The van der Waals surface area contributed by atoms with Crippen LogP contribution in [-0.4, -0.2) is 32.7 Å². The van der Waals surface area contributed by atoms with E-state index in [9.17, 15) is 13.6 Å². The molecular weight excluding hydrogens is 248 g/mol. The number of benzene rings is 1. The molecule has 2 aromatic rings. The smallest absolute Gasteiger partial charge is 0.387 e. The summed E-state index contributed by atoms with van der Waals surface area (Å²) < 4.78 is 28.8. The number of hydrogen-bond donors (Lipinski definition) is 1. The lowest BCUT2D eigenvalue weighted by Gasteiger charge is -2.11. The van der Waals surface area contributed by atoms with E-state index in [1.165, 1.54) is 30.6 Å². The summed E-state index contributed by atoms with van der Waals surface area (Å²) in [4.78, 5) is 12.0. The number of carbonyl (C=O) groups is 1. The van der Waals surface area contributed by atoms with Gasteiger partial charge in [-0.15, -0.1) is 4.80 Å². The zero-order valence-electron chi connectivity index (χ0n) is 8.83. The van der Waals surface area contributed by atoms with Crippen LogP contribution < -0.4 is 4.74 Å². The van der Waals surface area contributed by atoms with Gasteiger partial charge in [0.25, 0.3) is 0 Å². The Morgan fingerprint density at radius 3 is 2.56 bits per heavy atom. The molecule has 2 rings (SSSR count). The standard InChI is InChI=1S/C10H7F2N3O3/c11-10(12)18-7-3-1-2-6(9(16)17)8(7)15-13-4-5-14-15/h1-5,10H,(H,16,17). The third-order valence-corrected chi connectivity index (χ3v) is 2.06. The summed E-state index contributed by atoms with van der Waals surface area (Å²) in [5.41, 5.74) is -0.375. The van der Waals surface area contributed by atoms with E-state index in [-0.39, 0.29) is 17.0 Å². The molecule has 0 saturated carbocycles. The second-order valence-electron chi connectivity index (χ2n) is 3.15. The molecule has 0 spiro atoms. The van der Waals surface area contributed by atoms with E-state index < -0.39 is 12.6 Å². The van der Waals surface area contributed by atoms with Crippen LogP contribution in [0.4, 0.5) is 8.78 Å². The second-order valence-corrected chi connectivity index (χ2v) is 3.15. The number of carboxylic acid groups (broad SMARTS) is 1. The van der Waals surface area contributed by atoms with Crippen molar-refractivity contribution in [3.8, 4) is 11.4 Å². The molecule has 0 aliphatic carbocycles. The van der Waals surface area contributed by atoms with E-state index in [0.29, 0.717) is 0 Å². The monoisotopic (exact) mass is 255 g/mol. The van der Waals surface area contributed by atoms with Crippen LogP contribution in [0.3, 0.4) is 0 Å². The van der Waals surface area contributed by atoms with Crippen LogP contribution in [0.25, 0.3) is 5.69 Å². The first-order valence-corrected chi connectivity index (χ1v) is 4.77. The molecule has 1 heterocycles. The minimum Gasteiger partial charge on any atom is -0.478 e. The Kier molecular flexibility index (Phi) is 3.18. The van der Waals surface area contributed by atoms with Crippen molar-refractivity contribution in [3.05, 3.63) is 36.2 Å². The number of nitrogens with zero attached hydrogens (tertiary/aromatic N) is 3.